The fourth-order valence-corrected chi connectivity index (χ4v) is 2.86. The van der Waals surface area contributed by atoms with E-state index in [0.717, 1.165) is 5.56 Å². The van der Waals surface area contributed by atoms with Crippen molar-refractivity contribution in [2.45, 2.75) is 33.7 Å². The minimum absolute atomic E-state index is 0.110. The van der Waals surface area contributed by atoms with Gasteiger partial charge in [0.2, 0.25) is 0 Å². The maximum absolute atomic E-state index is 12.6. The second-order valence-electron chi connectivity index (χ2n) is 7.08. The standard InChI is InChI=1S/C22H26ClN3O4/c1-5-30-18-11-15(10-17(23)20(18)27)12-24-26-22(29)19(13(2)3)25-21(28)16-8-6-14(4)7-9-16/h6-13,19,27H,5H2,1-4H3,(H,25,28)(H,26,29). The van der Waals surface area contributed by atoms with Crippen LogP contribution in [0.4, 0.5) is 0 Å². The van der Waals surface area contributed by atoms with Gasteiger partial charge in [0, 0.05) is 5.56 Å². The summed E-state index contributed by atoms with van der Waals surface area (Å²) in [5.74, 6) is -0.861. The average molecular weight is 432 g/mol. The number of nitrogens with one attached hydrogen (secondary N) is 2. The highest BCUT2D eigenvalue weighted by Gasteiger charge is 2.24. The lowest BCUT2D eigenvalue weighted by atomic mass is 10.0. The Bertz CT molecular complexity index is 927. The molecule has 0 fully saturated rings. The Labute approximate surface area is 181 Å². The van der Waals surface area contributed by atoms with Crippen LogP contribution in [0.25, 0.3) is 0 Å². The minimum Gasteiger partial charge on any atom is -0.503 e. The number of hydrazone groups is 1. The summed E-state index contributed by atoms with van der Waals surface area (Å²) in [5.41, 5.74) is 4.49. The third kappa shape index (κ3) is 6.22. The topological polar surface area (TPSA) is 100 Å². The largest absolute Gasteiger partial charge is 0.503 e. The summed E-state index contributed by atoms with van der Waals surface area (Å²) >= 11 is 5.99. The van der Waals surface area contributed by atoms with Crippen molar-refractivity contribution in [2.75, 3.05) is 6.61 Å². The highest BCUT2D eigenvalue weighted by Crippen LogP contribution is 2.34. The monoisotopic (exact) mass is 431 g/mol. The molecule has 2 aromatic carbocycles. The zero-order valence-electron chi connectivity index (χ0n) is 17.4. The molecule has 1 atom stereocenters. The number of hydrogen-bond donors (Lipinski definition) is 3. The number of phenolic OH excluding ortho intramolecular Hbond substituents is 1. The first-order chi connectivity index (χ1) is 14.2. The lowest BCUT2D eigenvalue weighted by Gasteiger charge is -2.20. The van der Waals surface area contributed by atoms with Crippen LogP contribution in [0.3, 0.4) is 0 Å². The number of carbonyl (C=O) groups is 2. The van der Waals surface area contributed by atoms with Gasteiger partial charge in [-0.15, -0.1) is 0 Å². The number of benzene rings is 2. The number of ether oxygens (including phenoxy) is 1. The second-order valence-corrected chi connectivity index (χ2v) is 7.49. The van der Waals surface area contributed by atoms with E-state index in [1.165, 1.54) is 12.3 Å². The number of aromatic hydroxyl groups is 1. The molecular weight excluding hydrogens is 406 g/mol. The molecule has 30 heavy (non-hydrogen) atoms. The van der Waals surface area contributed by atoms with Gasteiger partial charge in [0.15, 0.2) is 11.5 Å². The van der Waals surface area contributed by atoms with Gasteiger partial charge in [-0.2, -0.15) is 5.10 Å². The van der Waals surface area contributed by atoms with E-state index in [0.29, 0.717) is 17.7 Å². The Balaban J connectivity index is 2.06. The van der Waals surface area contributed by atoms with Gasteiger partial charge in [-0.3, -0.25) is 9.59 Å². The summed E-state index contributed by atoms with van der Waals surface area (Å²) in [4.78, 5) is 25.0. The number of amides is 2. The van der Waals surface area contributed by atoms with Crippen molar-refractivity contribution < 1.29 is 19.4 Å². The predicted octanol–water partition coefficient (Wildman–Crippen LogP) is 3.66. The van der Waals surface area contributed by atoms with Gasteiger partial charge in [-0.25, -0.2) is 5.43 Å². The molecule has 0 heterocycles. The number of halogens is 1. The van der Waals surface area contributed by atoms with E-state index >= 15 is 0 Å². The molecule has 0 spiro atoms. The van der Waals surface area contributed by atoms with Crippen molar-refractivity contribution in [1.82, 2.24) is 10.7 Å². The summed E-state index contributed by atoms with van der Waals surface area (Å²) in [6.45, 7) is 7.74. The number of aryl methyl sites for hydroxylation is 1. The molecule has 1 unspecified atom stereocenters. The van der Waals surface area contributed by atoms with Gasteiger partial charge in [-0.1, -0.05) is 43.1 Å². The first-order valence-electron chi connectivity index (χ1n) is 9.58. The summed E-state index contributed by atoms with van der Waals surface area (Å²) in [6, 6.07) is 9.38. The molecule has 3 N–H and O–H groups in total. The number of carbonyl (C=O) groups excluding carboxylic acids is 2. The Morgan fingerprint density at radius 2 is 1.90 bits per heavy atom. The predicted molar refractivity (Wildman–Crippen MR) is 117 cm³/mol. The van der Waals surface area contributed by atoms with Crippen molar-refractivity contribution in [3.63, 3.8) is 0 Å². The van der Waals surface area contributed by atoms with Gasteiger partial charge in [0.25, 0.3) is 11.8 Å². The Morgan fingerprint density at radius 3 is 2.50 bits per heavy atom. The molecule has 0 aliphatic heterocycles. The summed E-state index contributed by atoms with van der Waals surface area (Å²) in [6.07, 6.45) is 1.38. The zero-order chi connectivity index (χ0) is 22.3. The van der Waals surface area contributed by atoms with E-state index in [2.05, 4.69) is 15.8 Å². The Kier molecular flexibility index (Phi) is 8.24. The van der Waals surface area contributed by atoms with Crippen LogP contribution >= 0.6 is 11.6 Å². The van der Waals surface area contributed by atoms with E-state index in [1.54, 1.807) is 25.1 Å². The molecule has 160 valence electrons. The van der Waals surface area contributed by atoms with E-state index in [9.17, 15) is 14.7 Å². The first kappa shape index (κ1) is 23.2. The van der Waals surface area contributed by atoms with Crippen LogP contribution in [0.1, 0.15) is 42.3 Å². The quantitative estimate of drug-likeness (QED) is 0.438. The van der Waals surface area contributed by atoms with E-state index in [-0.39, 0.29) is 28.3 Å². The van der Waals surface area contributed by atoms with E-state index in [4.69, 9.17) is 16.3 Å². The van der Waals surface area contributed by atoms with Gasteiger partial charge in [0.1, 0.15) is 6.04 Å². The maximum Gasteiger partial charge on any atom is 0.262 e. The lowest BCUT2D eigenvalue weighted by molar-refractivity contribution is -0.123. The number of phenols is 1. The second kappa shape index (κ2) is 10.6. The summed E-state index contributed by atoms with van der Waals surface area (Å²) in [7, 11) is 0. The molecule has 8 heteroatoms. The first-order valence-corrected chi connectivity index (χ1v) is 9.96. The van der Waals surface area contributed by atoms with Crippen LogP contribution < -0.4 is 15.5 Å². The SMILES string of the molecule is CCOc1cc(C=NNC(=O)C(NC(=O)c2ccc(C)cc2)C(C)C)cc(Cl)c1O. The smallest absolute Gasteiger partial charge is 0.262 e. The molecule has 0 aliphatic rings. The number of nitrogens with zero attached hydrogens (tertiary/aromatic N) is 1. The minimum atomic E-state index is -0.765. The molecule has 0 bridgehead atoms. The molecule has 0 saturated carbocycles. The Hall–Kier alpha value is -3.06. The van der Waals surface area contributed by atoms with E-state index < -0.39 is 11.9 Å². The van der Waals surface area contributed by atoms with Gasteiger partial charge in [0.05, 0.1) is 17.8 Å². The highest BCUT2D eigenvalue weighted by molar-refractivity contribution is 6.32. The van der Waals surface area contributed by atoms with Crippen LogP contribution in [0.2, 0.25) is 5.02 Å². The fourth-order valence-electron chi connectivity index (χ4n) is 2.64. The van der Waals surface area contributed by atoms with Crippen LogP contribution in [0, 0.1) is 12.8 Å². The molecule has 0 aromatic heterocycles. The Morgan fingerprint density at radius 1 is 1.23 bits per heavy atom. The van der Waals surface area contributed by atoms with Crippen molar-refractivity contribution in [2.24, 2.45) is 11.0 Å². The molecule has 0 radical (unpaired) electrons. The summed E-state index contributed by atoms with van der Waals surface area (Å²) < 4.78 is 5.32. The number of rotatable bonds is 8. The molecule has 2 amide bonds. The van der Waals surface area contributed by atoms with Crippen molar-refractivity contribution >= 4 is 29.6 Å². The van der Waals surface area contributed by atoms with Crippen LogP contribution in [-0.2, 0) is 4.79 Å². The molecule has 2 rings (SSSR count). The highest BCUT2D eigenvalue weighted by atomic mass is 35.5. The van der Waals surface area contributed by atoms with E-state index in [1.807, 2.05) is 32.9 Å². The third-order valence-electron chi connectivity index (χ3n) is 4.29. The lowest BCUT2D eigenvalue weighted by Crippen LogP contribution is -2.48. The van der Waals surface area contributed by atoms with Crippen molar-refractivity contribution in [3.05, 3.63) is 58.1 Å². The number of hydrogen-bond acceptors (Lipinski definition) is 5. The molecule has 0 aliphatic carbocycles. The van der Waals surface area contributed by atoms with Crippen LogP contribution in [-0.4, -0.2) is 35.8 Å². The normalized spacial score (nSPS) is 12.1. The molecular formula is C22H26ClN3O4. The fraction of sp³-hybridized carbons (Fsp3) is 0.318. The summed E-state index contributed by atoms with van der Waals surface area (Å²) in [5, 5.41) is 16.7. The van der Waals surface area contributed by atoms with Gasteiger partial charge < -0.3 is 15.2 Å². The van der Waals surface area contributed by atoms with Crippen molar-refractivity contribution in [1.29, 1.82) is 0 Å². The maximum atomic E-state index is 12.6. The average Bonchev–Trinajstić information content (AvgIpc) is 2.70. The molecule has 7 nitrogen and oxygen atoms in total. The molecule has 0 saturated heterocycles. The third-order valence-corrected chi connectivity index (χ3v) is 4.58. The molecule has 2 aromatic rings. The van der Waals surface area contributed by atoms with Crippen molar-refractivity contribution in [3.8, 4) is 11.5 Å². The van der Waals surface area contributed by atoms with Gasteiger partial charge >= 0.3 is 0 Å². The zero-order valence-corrected chi connectivity index (χ0v) is 18.2. The van der Waals surface area contributed by atoms with Crippen LogP contribution in [0.5, 0.6) is 11.5 Å². The van der Waals surface area contributed by atoms with Gasteiger partial charge in [-0.05, 0) is 49.6 Å². The van der Waals surface area contributed by atoms with Crippen LogP contribution in [0.15, 0.2) is 41.5 Å².